The maximum Gasteiger partial charge on any atom is 0.0329 e. The van der Waals surface area contributed by atoms with Crippen molar-refractivity contribution < 1.29 is 0 Å². The van der Waals surface area contributed by atoms with E-state index in [1.54, 1.807) is 0 Å². The van der Waals surface area contributed by atoms with E-state index >= 15 is 0 Å². The van der Waals surface area contributed by atoms with E-state index in [0.717, 1.165) is 19.5 Å². The molecule has 0 N–H and O–H groups in total. The third-order valence-electron chi connectivity index (χ3n) is 1.65. The van der Waals surface area contributed by atoms with E-state index < -0.39 is 0 Å². The molecule has 0 aromatic rings. The molecule has 1 aliphatic heterocycles. The van der Waals surface area contributed by atoms with Crippen LogP contribution in [0.15, 0.2) is 0 Å². The average Bonchev–Trinajstić information content (AvgIpc) is 1.78. The minimum Gasteiger partial charge on any atom is -0.331 e. The summed E-state index contributed by atoms with van der Waals surface area (Å²) in [4.78, 5) is 2.18. The highest BCUT2D eigenvalue weighted by molar-refractivity contribution is 5.04. The predicted molar refractivity (Wildman–Crippen MR) is 43.4 cm³/mol. The molecule has 1 heteroatoms. The largest absolute Gasteiger partial charge is 0.331 e. The van der Waals surface area contributed by atoms with E-state index in [1.165, 1.54) is 0 Å². The van der Waals surface area contributed by atoms with Crippen molar-refractivity contribution in [2.24, 2.45) is 5.41 Å². The Morgan fingerprint density at radius 2 is 2.00 bits per heavy atom. The van der Waals surface area contributed by atoms with E-state index in [2.05, 4.69) is 37.6 Å². The molecule has 0 atom stereocenters. The summed E-state index contributed by atoms with van der Waals surface area (Å²) in [5, 5.41) is 0. The van der Waals surface area contributed by atoms with Crippen LogP contribution < -0.4 is 0 Å². The molecule has 1 saturated heterocycles. The van der Waals surface area contributed by atoms with E-state index in [1.807, 2.05) is 0 Å². The van der Waals surface area contributed by atoms with Gasteiger partial charge >= 0.3 is 0 Å². The monoisotopic (exact) mass is 137 g/mol. The van der Waals surface area contributed by atoms with Crippen LogP contribution in [-0.4, -0.2) is 18.0 Å². The molecular weight excluding hydrogens is 122 g/mol. The molecule has 10 heavy (non-hydrogen) atoms. The van der Waals surface area contributed by atoms with Gasteiger partial charge in [-0.15, -0.1) is 0 Å². The van der Waals surface area contributed by atoms with Gasteiger partial charge in [0.2, 0.25) is 0 Å². The number of hydrogen-bond donors (Lipinski definition) is 0. The minimum absolute atomic E-state index is 0.516. The molecule has 0 bridgehead atoms. The minimum atomic E-state index is 0.516. The van der Waals surface area contributed by atoms with Gasteiger partial charge in [-0.2, -0.15) is 0 Å². The van der Waals surface area contributed by atoms with Gasteiger partial charge in [0.1, 0.15) is 0 Å². The SMILES string of the molecule is CCC#CN1CC(C)(C)C1. The molecule has 0 radical (unpaired) electrons. The van der Waals surface area contributed by atoms with Crippen LogP contribution in [0.2, 0.25) is 0 Å². The van der Waals surface area contributed by atoms with Crippen molar-refractivity contribution in [2.45, 2.75) is 27.2 Å². The van der Waals surface area contributed by atoms with Crippen molar-refractivity contribution in [3.8, 4) is 12.0 Å². The molecule has 0 aromatic heterocycles. The van der Waals surface area contributed by atoms with Crippen molar-refractivity contribution >= 4 is 0 Å². The van der Waals surface area contributed by atoms with Crippen molar-refractivity contribution in [1.82, 2.24) is 4.90 Å². The second-order valence-corrected chi connectivity index (χ2v) is 3.66. The van der Waals surface area contributed by atoms with E-state index in [-0.39, 0.29) is 0 Å². The molecule has 0 aromatic carbocycles. The second kappa shape index (κ2) is 2.54. The molecular formula is C9H15N. The number of rotatable bonds is 0. The molecule has 1 heterocycles. The summed E-state index contributed by atoms with van der Waals surface area (Å²) >= 11 is 0. The lowest BCUT2D eigenvalue weighted by Crippen LogP contribution is -2.49. The van der Waals surface area contributed by atoms with Crippen LogP contribution in [0.25, 0.3) is 0 Å². The molecule has 1 fully saturated rings. The summed E-state index contributed by atoms with van der Waals surface area (Å²) in [5.41, 5.74) is 0.516. The maximum absolute atomic E-state index is 3.11. The Labute approximate surface area is 63.4 Å². The predicted octanol–water partition coefficient (Wildman–Crippen LogP) is 1.70. The van der Waals surface area contributed by atoms with Gasteiger partial charge in [-0.3, -0.25) is 0 Å². The molecule has 0 spiro atoms. The lowest BCUT2D eigenvalue weighted by molar-refractivity contribution is 0.0880. The fourth-order valence-corrected chi connectivity index (χ4v) is 1.26. The summed E-state index contributed by atoms with van der Waals surface area (Å²) in [6, 6.07) is 3.11. The maximum atomic E-state index is 3.11. The Morgan fingerprint density at radius 3 is 2.40 bits per heavy atom. The van der Waals surface area contributed by atoms with Crippen molar-refractivity contribution in [1.29, 1.82) is 0 Å². The Morgan fingerprint density at radius 1 is 1.40 bits per heavy atom. The molecule has 1 rings (SSSR count). The fraction of sp³-hybridized carbons (Fsp3) is 0.778. The highest BCUT2D eigenvalue weighted by atomic mass is 15.2. The molecule has 1 nitrogen and oxygen atoms in total. The zero-order chi connectivity index (χ0) is 7.61. The number of likely N-dealkylation sites (tertiary alicyclic amines) is 1. The van der Waals surface area contributed by atoms with Crippen LogP contribution in [0.1, 0.15) is 27.2 Å². The standard InChI is InChI=1S/C9H15N/c1-4-5-6-10-7-9(2,3)8-10/h4,7-8H2,1-3H3. The van der Waals surface area contributed by atoms with Gasteiger partial charge in [-0.1, -0.05) is 26.7 Å². The first-order valence-corrected chi connectivity index (χ1v) is 3.87. The van der Waals surface area contributed by atoms with E-state index in [0.29, 0.717) is 5.41 Å². The number of hydrogen-bond acceptors (Lipinski definition) is 1. The summed E-state index contributed by atoms with van der Waals surface area (Å²) in [6.45, 7) is 8.91. The van der Waals surface area contributed by atoms with Gasteiger partial charge in [0.25, 0.3) is 0 Å². The summed E-state index contributed by atoms with van der Waals surface area (Å²) in [5.74, 6) is 3.06. The van der Waals surface area contributed by atoms with Gasteiger partial charge < -0.3 is 4.90 Å². The lowest BCUT2D eigenvalue weighted by Gasteiger charge is -2.43. The molecule has 0 aliphatic carbocycles. The summed E-state index contributed by atoms with van der Waals surface area (Å²) in [6.07, 6.45) is 0.969. The second-order valence-electron chi connectivity index (χ2n) is 3.66. The zero-order valence-electron chi connectivity index (χ0n) is 7.07. The van der Waals surface area contributed by atoms with Gasteiger partial charge in [0.15, 0.2) is 0 Å². The van der Waals surface area contributed by atoms with Crippen LogP contribution in [0.3, 0.4) is 0 Å². The molecule has 1 aliphatic rings. The van der Waals surface area contributed by atoms with Gasteiger partial charge in [0, 0.05) is 31.0 Å². The Bertz CT molecular complexity index is 163. The van der Waals surface area contributed by atoms with Crippen LogP contribution in [0.4, 0.5) is 0 Å². The Kier molecular flexibility index (Phi) is 1.89. The zero-order valence-corrected chi connectivity index (χ0v) is 7.07. The third kappa shape index (κ3) is 1.67. The van der Waals surface area contributed by atoms with E-state index in [4.69, 9.17) is 0 Å². The summed E-state index contributed by atoms with van der Waals surface area (Å²) < 4.78 is 0. The summed E-state index contributed by atoms with van der Waals surface area (Å²) in [7, 11) is 0. The lowest BCUT2D eigenvalue weighted by atomic mass is 9.85. The molecule has 0 saturated carbocycles. The average molecular weight is 137 g/mol. The van der Waals surface area contributed by atoms with Gasteiger partial charge in [-0.25, -0.2) is 0 Å². The normalized spacial score (nSPS) is 20.9. The Balaban J connectivity index is 2.27. The Hall–Kier alpha value is -0.640. The molecule has 0 unspecified atom stereocenters. The van der Waals surface area contributed by atoms with Crippen LogP contribution in [0, 0.1) is 17.4 Å². The van der Waals surface area contributed by atoms with Gasteiger partial charge in [0.05, 0.1) is 0 Å². The van der Waals surface area contributed by atoms with Gasteiger partial charge in [-0.05, 0) is 0 Å². The molecule has 56 valence electrons. The highest BCUT2D eigenvalue weighted by Gasteiger charge is 2.32. The quantitative estimate of drug-likeness (QED) is 0.459. The van der Waals surface area contributed by atoms with Crippen molar-refractivity contribution in [3.05, 3.63) is 0 Å². The first-order valence-electron chi connectivity index (χ1n) is 3.87. The first-order chi connectivity index (χ1) is 4.64. The third-order valence-corrected chi connectivity index (χ3v) is 1.65. The fourth-order valence-electron chi connectivity index (χ4n) is 1.26. The first kappa shape index (κ1) is 7.47. The number of nitrogens with zero attached hydrogens (tertiary/aromatic N) is 1. The smallest absolute Gasteiger partial charge is 0.0329 e. The van der Waals surface area contributed by atoms with Crippen LogP contribution in [0.5, 0.6) is 0 Å². The van der Waals surface area contributed by atoms with Crippen LogP contribution in [-0.2, 0) is 0 Å². The highest BCUT2D eigenvalue weighted by Crippen LogP contribution is 2.27. The van der Waals surface area contributed by atoms with E-state index in [9.17, 15) is 0 Å². The van der Waals surface area contributed by atoms with Crippen molar-refractivity contribution in [2.75, 3.05) is 13.1 Å². The topological polar surface area (TPSA) is 3.24 Å². The molecule has 0 amide bonds. The van der Waals surface area contributed by atoms with Crippen molar-refractivity contribution in [3.63, 3.8) is 0 Å². The van der Waals surface area contributed by atoms with Crippen LogP contribution >= 0.6 is 0 Å².